The Morgan fingerprint density at radius 2 is 1.84 bits per heavy atom. The third kappa shape index (κ3) is 3.67. The van der Waals surface area contributed by atoms with Gasteiger partial charge in [0.2, 0.25) is 6.10 Å². The highest BCUT2D eigenvalue weighted by Gasteiger charge is 2.31. The van der Waals surface area contributed by atoms with Crippen molar-refractivity contribution >= 4 is 21.6 Å². The predicted octanol–water partition coefficient (Wildman–Crippen LogP) is 1.56. The SMILES string of the molecule is N#Cc1ccc(S(=O)(=O)NC(=O)[C@@H]2CC(c3ccccc3)=NO2)cc1. The predicted molar refractivity (Wildman–Crippen MR) is 89.0 cm³/mol. The topological polar surface area (TPSA) is 109 Å². The Morgan fingerprint density at radius 1 is 1.16 bits per heavy atom. The van der Waals surface area contributed by atoms with E-state index in [1.807, 2.05) is 41.1 Å². The molecule has 1 aliphatic heterocycles. The first-order valence-corrected chi connectivity index (χ1v) is 8.83. The number of amides is 1. The van der Waals surface area contributed by atoms with E-state index in [9.17, 15) is 13.2 Å². The highest BCUT2D eigenvalue weighted by atomic mass is 32.2. The summed E-state index contributed by atoms with van der Waals surface area (Å²) < 4.78 is 26.5. The fraction of sp³-hybridized carbons (Fsp3) is 0.118. The van der Waals surface area contributed by atoms with Crippen molar-refractivity contribution in [2.75, 3.05) is 0 Å². The number of carbonyl (C=O) groups is 1. The zero-order chi connectivity index (χ0) is 17.9. The first kappa shape index (κ1) is 16.7. The summed E-state index contributed by atoms with van der Waals surface area (Å²) in [6.07, 6.45) is -0.831. The molecule has 3 rings (SSSR count). The van der Waals surface area contributed by atoms with E-state index in [-0.39, 0.29) is 11.3 Å². The number of carbonyl (C=O) groups excluding carboxylic acids is 1. The molecule has 0 bridgehead atoms. The summed E-state index contributed by atoms with van der Waals surface area (Å²) in [5.74, 6) is -0.793. The summed E-state index contributed by atoms with van der Waals surface area (Å²) in [5.41, 5.74) is 1.72. The van der Waals surface area contributed by atoms with Crippen LogP contribution in [0.25, 0.3) is 0 Å². The molecule has 25 heavy (non-hydrogen) atoms. The number of sulfonamides is 1. The summed E-state index contributed by atoms with van der Waals surface area (Å²) >= 11 is 0. The average Bonchev–Trinajstić information content (AvgIpc) is 3.12. The molecular formula is C17H13N3O4S. The number of oxime groups is 1. The van der Waals surface area contributed by atoms with Crippen LogP contribution in [0.2, 0.25) is 0 Å². The van der Waals surface area contributed by atoms with Gasteiger partial charge in [0.15, 0.2) is 0 Å². The Balaban J connectivity index is 1.67. The number of nitrogens with one attached hydrogen (secondary N) is 1. The van der Waals surface area contributed by atoms with Crippen LogP contribution in [0.1, 0.15) is 17.5 Å². The van der Waals surface area contributed by atoms with E-state index in [0.29, 0.717) is 11.3 Å². The van der Waals surface area contributed by atoms with Crippen LogP contribution in [-0.4, -0.2) is 26.1 Å². The number of hydrogen-bond acceptors (Lipinski definition) is 6. The zero-order valence-corrected chi connectivity index (χ0v) is 13.7. The molecular weight excluding hydrogens is 342 g/mol. The largest absolute Gasteiger partial charge is 0.382 e. The van der Waals surface area contributed by atoms with Crippen molar-refractivity contribution in [2.45, 2.75) is 17.4 Å². The molecule has 2 aromatic rings. The Kier molecular flexibility index (Phi) is 4.50. The number of hydrogen-bond donors (Lipinski definition) is 1. The van der Waals surface area contributed by atoms with Crippen LogP contribution in [0.15, 0.2) is 64.6 Å². The fourth-order valence-electron chi connectivity index (χ4n) is 2.28. The van der Waals surface area contributed by atoms with Gasteiger partial charge >= 0.3 is 0 Å². The van der Waals surface area contributed by atoms with Crippen LogP contribution in [0, 0.1) is 11.3 Å². The molecule has 0 unspecified atom stereocenters. The molecule has 0 aliphatic carbocycles. The quantitative estimate of drug-likeness (QED) is 0.895. The number of benzene rings is 2. The van der Waals surface area contributed by atoms with Crippen LogP contribution >= 0.6 is 0 Å². The molecule has 0 saturated heterocycles. The average molecular weight is 355 g/mol. The molecule has 0 aromatic heterocycles. The van der Waals surface area contributed by atoms with Crippen LogP contribution in [0.4, 0.5) is 0 Å². The third-order valence-electron chi connectivity index (χ3n) is 3.60. The smallest absolute Gasteiger partial charge is 0.278 e. The second-order valence-electron chi connectivity index (χ2n) is 5.31. The van der Waals surface area contributed by atoms with Gasteiger partial charge in [-0.25, -0.2) is 13.1 Å². The summed E-state index contributed by atoms with van der Waals surface area (Å²) in [6, 6.07) is 16.3. The van der Waals surface area contributed by atoms with Gasteiger partial charge in [0, 0.05) is 6.42 Å². The van der Waals surface area contributed by atoms with Crippen molar-refractivity contribution in [2.24, 2.45) is 5.16 Å². The minimum Gasteiger partial charge on any atom is -0.382 e. The van der Waals surface area contributed by atoms with Gasteiger partial charge in [-0.1, -0.05) is 35.5 Å². The van der Waals surface area contributed by atoms with Crippen molar-refractivity contribution in [1.82, 2.24) is 4.72 Å². The molecule has 0 radical (unpaired) electrons. The van der Waals surface area contributed by atoms with Crippen molar-refractivity contribution in [3.05, 3.63) is 65.7 Å². The van der Waals surface area contributed by atoms with Crippen LogP contribution in [0.3, 0.4) is 0 Å². The molecule has 1 heterocycles. The lowest BCUT2D eigenvalue weighted by Gasteiger charge is -2.10. The maximum absolute atomic E-state index is 12.2. The third-order valence-corrected chi connectivity index (χ3v) is 4.96. The van der Waals surface area contributed by atoms with Crippen molar-refractivity contribution < 1.29 is 18.0 Å². The Hall–Kier alpha value is -3.18. The van der Waals surface area contributed by atoms with Gasteiger partial charge in [0.05, 0.1) is 22.2 Å². The molecule has 1 amide bonds. The van der Waals surface area contributed by atoms with E-state index in [1.54, 1.807) is 0 Å². The highest BCUT2D eigenvalue weighted by Crippen LogP contribution is 2.18. The van der Waals surface area contributed by atoms with Gasteiger partial charge in [-0.3, -0.25) is 4.79 Å². The molecule has 0 spiro atoms. The van der Waals surface area contributed by atoms with Gasteiger partial charge in [-0.15, -0.1) is 0 Å². The van der Waals surface area contributed by atoms with E-state index in [1.165, 1.54) is 24.3 Å². The lowest BCUT2D eigenvalue weighted by Crippen LogP contribution is -2.38. The normalized spacial score (nSPS) is 16.4. The van der Waals surface area contributed by atoms with E-state index >= 15 is 0 Å². The molecule has 1 aliphatic rings. The van der Waals surface area contributed by atoms with Crippen LogP contribution in [-0.2, 0) is 19.7 Å². The van der Waals surface area contributed by atoms with Gasteiger partial charge in [-0.2, -0.15) is 5.26 Å². The highest BCUT2D eigenvalue weighted by molar-refractivity contribution is 7.90. The monoisotopic (exact) mass is 355 g/mol. The lowest BCUT2D eigenvalue weighted by atomic mass is 10.1. The lowest BCUT2D eigenvalue weighted by molar-refractivity contribution is -0.129. The zero-order valence-electron chi connectivity index (χ0n) is 12.9. The van der Waals surface area contributed by atoms with Crippen LogP contribution < -0.4 is 4.72 Å². The van der Waals surface area contributed by atoms with Gasteiger partial charge in [-0.05, 0) is 29.8 Å². The Labute approximate surface area is 144 Å². The standard InChI is InChI=1S/C17H13N3O4S/c18-11-12-6-8-14(9-7-12)25(22,23)20-17(21)16-10-15(19-24-16)13-4-2-1-3-5-13/h1-9,16H,10H2,(H,20,21)/t16-/m0/s1. The Morgan fingerprint density at radius 3 is 2.48 bits per heavy atom. The summed E-state index contributed by atoms with van der Waals surface area (Å²) in [4.78, 5) is 17.2. The summed E-state index contributed by atoms with van der Waals surface area (Å²) in [7, 11) is -4.04. The van der Waals surface area contributed by atoms with Gasteiger partial charge < -0.3 is 4.84 Å². The number of nitrogens with zero attached hydrogens (tertiary/aromatic N) is 2. The van der Waals surface area contributed by atoms with E-state index < -0.39 is 22.0 Å². The molecule has 126 valence electrons. The molecule has 8 heteroatoms. The molecule has 2 aromatic carbocycles. The van der Waals surface area contributed by atoms with E-state index in [4.69, 9.17) is 10.1 Å². The summed E-state index contributed by atoms with van der Waals surface area (Å²) in [5, 5.41) is 12.6. The van der Waals surface area contributed by atoms with E-state index in [0.717, 1.165) is 5.56 Å². The minimum atomic E-state index is -4.04. The maximum atomic E-state index is 12.2. The van der Waals surface area contributed by atoms with E-state index in [2.05, 4.69) is 5.16 Å². The molecule has 0 saturated carbocycles. The first-order valence-electron chi connectivity index (χ1n) is 7.34. The molecule has 0 fully saturated rings. The second-order valence-corrected chi connectivity index (χ2v) is 6.99. The fourth-order valence-corrected chi connectivity index (χ4v) is 3.29. The molecule has 1 atom stereocenters. The minimum absolute atomic E-state index is 0.109. The number of nitriles is 1. The second kappa shape index (κ2) is 6.75. The maximum Gasteiger partial charge on any atom is 0.278 e. The van der Waals surface area contributed by atoms with Crippen molar-refractivity contribution in [1.29, 1.82) is 5.26 Å². The van der Waals surface area contributed by atoms with Crippen molar-refractivity contribution in [3.63, 3.8) is 0 Å². The molecule has 1 N–H and O–H groups in total. The van der Waals surface area contributed by atoms with Gasteiger partial charge in [0.1, 0.15) is 0 Å². The Bertz CT molecular complexity index is 961. The number of rotatable bonds is 4. The molecule has 7 nitrogen and oxygen atoms in total. The summed E-state index contributed by atoms with van der Waals surface area (Å²) in [6.45, 7) is 0. The first-order chi connectivity index (χ1) is 12.0. The van der Waals surface area contributed by atoms with Gasteiger partial charge in [0.25, 0.3) is 15.9 Å². The van der Waals surface area contributed by atoms with Crippen LogP contribution in [0.5, 0.6) is 0 Å². The van der Waals surface area contributed by atoms with Crippen molar-refractivity contribution in [3.8, 4) is 6.07 Å².